The topological polar surface area (TPSA) is 61.9 Å². The van der Waals surface area contributed by atoms with Crippen LogP contribution < -0.4 is 11.1 Å². The fourth-order valence-corrected chi connectivity index (χ4v) is 1.23. The van der Waals surface area contributed by atoms with Gasteiger partial charge in [0.25, 0.3) is 0 Å². The fourth-order valence-electron chi connectivity index (χ4n) is 1.10. The quantitative estimate of drug-likeness (QED) is 0.460. The van der Waals surface area contributed by atoms with Crippen LogP contribution in [0.15, 0.2) is 10.9 Å². The van der Waals surface area contributed by atoms with Crippen LogP contribution in [0.3, 0.4) is 0 Å². The molecular weight excluding hydrogens is 174 g/mol. The molecule has 1 aliphatic carbocycles. The number of rotatable bonds is 4. The molecule has 68 valence electrons. The fraction of sp³-hybridized carbons (Fsp3) is 0.625. The molecule has 0 aromatic heterocycles. The van der Waals surface area contributed by atoms with Crippen LogP contribution in [0.5, 0.6) is 0 Å². The third-order valence-electron chi connectivity index (χ3n) is 2.18. The molecule has 1 rings (SSSR count). The molecule has 1 fully saturated rings. The van der Waals surface area contributed by atoms with E-state index in [0.717, 1.165) is 18.7 Å². The lowest BCUT2D eigenvalue weighted by molar-refractivity contribution is 0.311. The van der Waals surface area contributed by atoms with Crippen molar-refractivity contribution >= 4 is 17.8 Å². The first-order chi connectivity index (χ1) is 5.74. The molecule has 3 nitrogen and oxygen atoms in total. The van der Waals surface area contributed by atoms with Crippen LogP contribution in [0.1, 0.15) is 19.3 Å². The second kappa shape index (κ2) is 4.36. The van der Waals surface area contributed by atoms with Crippen LogP contribution >= 0.6 is 11.6 Å². The van der Waals surface area contributed by atoms with Crippen LogP contribution in [0.25, 0.3) is 0 Å². The van der Waals surface area contributed by atoms with Crippen molar-refractivity contribution in [3.8, 4) is 0 Å². The second-order valence-corrected chi connectivity index (χ2v) is 3.47. The SMILES string of the molecule is N=C/C(N)=C(/Cl)NCC1CCC1. The predicted octanol–water partition coefficient (Wildman–Crippen LogP) is 1.39. The Hall–Kier alpha value is -0.700. The summed E-state index contributed by atoms with van der Waals surface area (Å²) < 4.78 is 0. The molecule has 0 bridgehead atoms. The van der Waals surface area contributed by atoms with Crippen molar-refractivity contribution in [2.24, 2.45) is 11.7 Å². The van der Waals surface area contributed by atoms with Crippen molar-refractivity contribution < 1.29 is 0 Å². The third kappa shape index (κ3) is 2.41. The molecule has 0 heterocycles. The molecule has 0 saturated heterocycles. The standard InChI is InChI=1S/C8H14ClN3/c9-8(7(11)4-10)12-5-6-2-1-3-6/h4,6,10,12H,1-3,5,11H2/b8-7+,10-4?. The van der Waals surface area contributed by atoms with Gasteiger partial charge in [-0.15, -0.1) is 0 Å². The van der Waals surface area contributed by atoms with E-state index in [1.165, 1.54) is 19.3 Å². The molecule has 0 aromatic carbocycles. The molecule has 0 aromatic rings. The largest absolute Gasteiger partial charge is 0.395 e. The normalized spacial score (nSPS) is 19.4. The summed E-state index contributed by atoms with van der Waals surface area (Å²) in [6.45, 7) is 0.882. The summed E-state index contributed by atoms with van der Waals surface area (Å²) in [5.74, 6) is 0.747. The lowest BCUT2D eigenvalue weighted by Crippen LogP contribution is -2.27. The first-order valence-corrected chi connectivity index (χ1v) is 4.51. The zero-order valence-corrected chi connectivity index (χ0v) is 7.69. The average Bonchev–Trinajstić information content (AvgIpc) is 2.00. The van der Waals surface area contributed by atoms with E-state index in [9.17, 15) is 0 Å². The number of nitrogens with one attached hydrogen (secondary N) is 2. The maximum atomic E-state index is 6.85. The smallest absolute Gasteiger partial charge is 0.127 e. The van der Waals surface area contributed by atoms with Crippen LogP contribution in [-0.2, 0) is 0 Å². The van der Waals surface area contributed by atoms with E-state index in [-0.39, 0.29) is 0 Å². The second-order valence-electron chi connectivity index (χ2n) is 3.09. The highest BCUT2D eigenvalue weighted by Crippen LogP contribution is 2.25. The molecule has 0 unspecified atom stereocenters. The Morgan fingerprint density at radius 2 is 2.33 bits per heavy atom. The highest BCUT2D eigenvalue weighted by atomic mass is 35.5. The Morgan fingerprint density at radius 1 is 1.67 bits per heavy atom. The number of nitrogens with two attached hydrogens (primary N) is 1. The zero-order chi connectivity index (χ0) is 8.97. The molecular formula is C8H14ClN3. The predicted molar refractivity (Wildman–Crippen MR) is 51.2 cm³/mol. The van der Waals surface area contributed by atoms with Crippen molar-refractivity contribution in [1.82, 2.24) is 5.32 Å². The Kier molecular flexibility index (Phi) is 3.41. The summed E-state index contributed by atoms with van der Waals surface area (Å²) in [5, 5.41) is 10.3. The number of halogens is 1. The van der Waals surface area contributed by atoms with Gasteiger partial charge < -0.3 is 16.5 Å². The number of allylic oxidation sites excluding steroid dienone is 1. The van der Waals surface area contributed by atoms with Crippen LogP contribution in [0, 0.1) is 11.3 Å². The molecule has 1 saturated carbocycles. The van der Waals surface area contributed by atoms with E-state index in [4.69, 9.17) is 22.7 Å². The van der Waals surface area contributed by atoms with Gasteiger partial charge in [-0.25, -0.2) is 0 Å². The highest BCUT2D eigenvalue weighted by molar-refractivity contribution is 6.30. The van der Waals surface area contributed by atoms with Crippen molar-refractivity contribution in [1.29, 1.82) is 5.41 Å². The summed E-state index contributed by atoms with van der Waals surface area (Å²) in [6, 6.07) is 0. The number of hydrogen-bond acceptors (Lipinski definition) is 3. The summed E-state index contributed by atoms with van der Waals surface area (Å²) in [4.78, 5) is 0. The highest BCUT2D eigenvalue weighted by Gasteiger charge is 2.16. The van der Waals surface area contributed by atoms with Crippen molar-refractivity contribution in [3.63, 3.8) is 0 Å². The van der Waals surface area contributed by atoms with E-state index < -0.39 is 0 Å². The van der Waals surface area contributed by atoms with Gasteiger partial charge in [0.05, 0.1) is 5.70 Å². The van der Waals surface area contributed by atoms with Gasteiger partial charge in [-0.1, -0.05) is 18.0 Å². The first kappa shape index (κ1) is 9.39. The molecule has 0 aliphatic heterocycles. The van der Waals surface area contributed by atoms with Crippen molar-refractivity contribution in [2.75, 3.05) is 6.54 Å². The van der Waals surface area contributed by atoms with Gasteiger partial charge in [-0.2, -0.15) is 0 Å². The summed E-state index contributed by atoms with van der Waals surface area (Å²) >= 11 is 5.75. The van der Waals surface area contributed by atoms with Crippen molar-refractivity contribution in [2.45, 2.75) is 19.3 Å². The summed E-state index contributed by atoms with van der Waals surface area (Å²) in [5.41, 5.74) is 5.71. The molecule has 0 amide bonds. The Labute approximate surface area is 77.5 Å². The van der Waals surface area contributed by atoms with Crippen LogP contribution in [0.2, 0.25) is 0 Å². The van der Waals surface area contributed by atoms with Gasteiger partial charge in [0, 0.05) is 12.8 Å². The van der Waals surface area contributed by atoms with E-state index in [0.29, 0.717) is 10.9 Å². The Bertz CT molecular complexity index is 196. The minimum absolute atomic E-state index is 0.302. The van der Waals surface area contributed by atoms with Crippen LogP contribution in [0.4, 0.5) is 0 Å². The van der Waals surface area contributed by atoms with Gasteiger partial charge in [-0.3, -0.25) is 0 Å². The van der Waals surface area contributed by atoms with E-state index in [1.807, 2.05) is 0 Å². The summed E-state index contributed by atoms with van der Waals surface area (Å²) in [6.07, 6.45) is 4.94. The van der Waals surface area contributed by atoms with E-state index in [2.05, 4.69) is 5.32 Å². The van der Waals surface area contributed by atoms with Gasteiger partial charge in [0.1, 0.15) is 5.16 Å². The van der Waals surface area contributed by atoms with E-state index >= 15 is 0 Å². The monoisotopic (exact) mass is 187 g/mol. The van der Waals surface area contributed by atoms with E-state index in [1.54, 1.807) is 0 Å². The van der Waals surface area contributed by atoms with Crippen LogP contribution in [-0.4, -0.2) is 12.8 Å². The van der Waals surface area contributed by atoms with Gasteiger partial charge in [0.2, 0.25) is 0 Å². The Balaban J connectivity index is 2.25. The number of hydrogen-bond donors (Lipinski definition) is 3. The summed E-state index contributed by atoms with van der Waals surface area (Å²) in [7, 11) is 0. The Morgan fingerprint density at radius 3 is 2.75 bits per heavy atom. The molecule has 0 atom stereocenters. The molecule has 4 N–H and O–H groups in total. The molecule has 0 spiro atoms. The lowest BCUT2D eigenvalue weighted by atomic mass is 9.85. The lowest BCUT2D eigenvalue weighted by Gasteiger charge is -2.25. The minimum Gasteiger partial charge on any atom is -0.395 e. The van der Waals surface area contributed by atoms with Gasteiger partial charge in [0.15, 0.2) is 0 Å². The first-order valence-electron chi connectivity index (χ1n) is 4.13. The molecule has 0 radical (unpaired) electrons. The van der Waals surface area contributed by atoms with Crippen molar-refractivity contribution in [3.05, 3.63) is 10.9 Å². The molecule has 12 heavy (non-hydrogen) atoms. The third-order valence-corrected chi connectivity index (χ3v) is 2.53. The molecule has 4 heteroatoms. The maximum Gasteiger partial charge on any atom is 0.127 e. The average molecular weight is 188 g/mol. The minimum atomic E-state index is 0.302. The maximum absolute atomic E-state index is 6.85. The van der Waals surface area contributed by atoms with Gasteiger partial charge in [-0.05, 0) is 18.8 Å². The zero-order valence-electron chi connectivity index (χ0n) is 6.94. The molecule has 1 aliphatic rings. The van der Waals surface area contributed by atoms with Gasteiger partial charge >= 0.3 is 0 Å².